The average Bonchev–Trinajstić information content (AvgIpc) is 2.60. The molecule has 6 heteroatoms. The number of carboxylic acids is 1. The van der Waals surface area contributed by atoms with Crippen molar-refractivity contribution in [3.8, 4) is 0 Å². The van der Waals surface area contributed by atoms with Crippen molar-refractivity contribution < 1.29 is 14.7 Å². The Morgan fingerprint density at radius 2 is 2.00 bits per heavy atom. The fourth-order valence-electron chi connectivity index (χ4n) is 1.32. The van der Waals surface area contributed by atoms with Gasteiger partial charge in [-0.3, -0.25) is 14.3 Å². The van der Waals surface area contributed by atoms with E-state index in [0.717, 1.165) is 5.69 Å². The standard InChI is InChI=1S/C11H17N3O3/c1-6(2)8-5-9(14(4)13-8)10(15)12-7(3)11(16)17/h5-7H,1-4H3,(H,12,15)(H,16,17)/t7-/m1/s1. The van der Waals surface area contributed by atoms with Crippen LogP contribution in [0.5, 0.6) is 0 Å². The number of aryl methyl sites for hydroxylation is 1. The topological polar surface area (TPSA) is 84.2 Å². The molecule has 0 aromatic carbocycles. The molecule has 6 nitrogen and oxygen atoms in total. The van der Waals surface area contributed by atoms with Gasteiger partial charge in [-0.25, -0.2) is 0 Å². The largest absolute Gasteiger partial charge is 0.480 e. The maximum Gasteiger partial charge on any atom is 0.325 e. The molecule has 0 saturated carbocycles. The van der Waals surface area contributed by atoms with Gasteiger partial charge in [0, 0.05) is 7.05 Å². The van der Waals surface area contributed by atoms with Crippen LogP contribution in [0, 0.1) is 0 Å². The van der Waals surface area contributed by atoms with Crippen molar-refractivity contribution in [3.63, 3.8) is 0 Å². The Morgan fingerprint density at radius 3 is 2.41 bits per heavy atom. The van der Waals surface area contributed by atoms with Crippen LogP contribution in [0.2, 0.25) is 0 Å². The second kappa shape index (κ2) is 4.99. The molecule has 0 bridgehead atoms. The third-order valence-corrected chi connectivity index (χ3v) is 2.44. The highest BCUT2D eigenvalue weighted by atomic mass is 16.4. The van der Waals surface area contributed by atoms with Crippen molar-refractivity contribution in [2.75, 3.05) is 0 Å². The van der Waals surface area contributed by atoms with Crippen molar-refractivity contribution >= 4 is 11.9 Å². The zero-order valence-electron chi connectivity index (χ0n) is 10.4. The van der Waals surface area contributed by atoms with E-state index in [-0.39, 0.29) is 5.92 Å². The Balaban J connectivity index is 2.86. The predicted octanol–water partition coefficient (Wildman–Crippen LogP) is 0.746. The zero-order chi connectivity index (χ0) is 13.2. The van der Waals surface area contributed by atoms with E-state index in [9.17, 15) is 9.59 Å². The van der Waals surface area contributed by atoms with E-state index in [4.69, 9.17) is 5.11 Å². The maximum absolute atomic E-state index is 11.8. The van der Waals surface area contributed by atoms with E-state index in [0.29, 0.717) is 5.69 Å². The summed E-state index contributed by atoms with van der Waals surface area (Å²) in [6, 6.07) is 0.758. The molecular formula is C11H17N3O3. The molecule has 0 saturated heterocycles. The minimum Gasteiger partial charge on any atom is -0.480 e. The van der Waals surface area contributed by atoms with Gasteiger partial charge in [-0.15, -0.1) is 0 Å². The van der Waals surface area contributed by atoms with Crippen molar-refractivity contribution in [3.05, 3.63) is 17.5 Å². The fraction of sp³-hybridized carbons (Fsp3) is 0.545. The monoisotopic (exact) mass is 239 g/mol. The molecule has 94 valence electrons. The van der Waals surface area contributed by atoms with Gasteiger partial charge in [0.05, 0.1) is 5.69 Å². The summed E-state index contributed by atoms with van der Waals surface area (Å²) in [5, 5.41) is 15.3. The van der Waals surface area contributed by atoms with Crippen LogP contribution in [0.15, 0.2) is 6.07 Å². The summed E-state index contributed by atoms with van der Waals surface area (Å²) in [6.45, 7) is 5.37. The first-order valence-electron chi connectivity index (χ1n) is 5.40. The lowest BCUT2D eigenvalue weighted by Gasteiger charge is -2.08. The lowest BCUT2D eigenvalue weighted by atomic mass is 10.1. The minimum atomic E-state index is -1.07. The van der Waals surface area contributed by atoms with E-state index < -0.39 is 17.9 Å². The van der Waals surface area contributed by atoms with Crippen LogP contribution in [0.25, 0.3) is 0 Å². The smallest absolute Gasteiger partial charge is 0.325 e. The molecule has 0 unspecified atom stereocenters. The summed E-state index contributed by atoms with van der Waals surface area (Å²) >= 11 is 0. The van der Waals surface area contributed by atoms with E-state index in [2.05, 4.69) is 10.4 Å². The van der Waals surface area contributed by atoms with Crippen LogP contribution in [-0.2, 0) is 11.8 Å². The summed E-state index contributed by atoms with van der Waals surface area (Å²) in [6.07, 6.45) is 0. The number of carboxylic acid groups (broad SMARTS) is 1. The molecule has 1 amide bonds. The van der Waals surface area contributed by atoms with Crippen LogP contribution in [0.3, 0.4) is 0 Å². The molecule has 17 heavy (non-hydrogen) atoms. The molecule has 0 spiro atoms. The SMILES string of the molecule is CC(C)c1cc(C(=O)N[C@H](C)C(=O)O)n(C)n1. The first kappa shape index (κ1) is 13.2. The van der Waals surface area contributed by atoms with Crippen LogP contribution in [0.1, 0.15) is 42.9 Å². The first-order chi connectivity index (χ1) is 7.82. The molecule has 1 heterocycles. The summed E-state index contributed by atoms with van der Waals surface area (Å²) in [5.74, 6) is -1.27. The van der Waals surface area contributed by atoms with Crippen molar-refractivity contribution in [2.24, 2.45) is 7.05 Å². The Hall–Kier alpha value is -1.85. The van der Waals surface area contributed by atoms with Gasteiger partial charge in [0.15, 0.2) is 0 Å². The molecule has 1 aromatic rings. The van der Waals surface area contributed by atoms with Gasteiger partial charge in [0.25, 0.3) is 5.91 Å². The molecular weight excluding hydrogens is 222 g/mol. The molecule has 0 radical (unpaired) electrons. The first-order valence-corrected chi connectivity index (χ1v) is 5.40. The lowest BCUT2D eigenvalue weighted by molar-refractivity contribution is -0.138. The second-order valence-corrected chi connectivity index (χ2v) is 4.27. The highest BCUT2D eigenvalue weighted by molar-refractivity contribution is 5.95. The van der Waals surface area contributed by atoms with Gasteiger partial charge in [-0.05, 0) is 18.9 Å². The van der Waals surface area contributed by atoms with Crippen LogP contribution < -0.4 is 5.32 Å². The number of carbonyl (C=O) groups is 2. The number of aliphatic carboxylic acids is 1. The molecule has 0 aliphatic carbocycles. The highest BCUT2D eigenvalue weighted by Crippen LogP contribution is 2.13. The molecule has 1 atom stereocenters. The quantitative estimate of drug-likeness (QED) is 0.811. The molecule has 0 aliphatic rings. The second-order valence-electron chi connectivity index (χ2n) is 4.27. The highest BCUT2D eigenvalue weighted by Gasteiger charge is 2.19. The fourth-order valence-corrected chi connectivity index (χ4v) is 1.32. The normalized spacial score (nSPS) is 12.5. The van der Waals surface area contributed by atoms with Gasteiger partial charge >= 0.3 is 5.97 Å². The number of aromatic nitrogens is 2. The van der Waals surface area contributed by atoms with Crippen LogP contribution >= 0.6 is 0 Å². The van der Waals surface area contributed by atoms with E-state index in [1.165, 1.54) is 11.6 Å². The van der Waals surface area contributed by atoms with Gasteiger partial charge in [0.1, 0.15) is 11.7 Å². The third-order valence-electron chi connectivity index (χ3n) is 2.44. The third kappa shape index (κ3) is 3.05. The molecule has 1 rings (SSSR count). The summed E-state index contributed by atoms with van der Waals surface area (Å²) in [5.41, 5.74) is 1.17. The Kier molecular flexibility index (Phi) is 3.88. The summed E-state index contributed by atoms with van der Waals surface area (Å²) < 4.78 is 1.46. The Bertz CT molecular complexity index is 437. The minimum absolute atomic E-state index is 0.222. The Labute approximate surface area is 99.6 Å². The van der Waals surface area contributed by atoms with E-state index in [1.807, 2.05) is 13.8 Å². The lowest BCUT2D eigenvalue weighted by Crippen LogP contribution is -2.39. The number of hydrogen-bond donors (Lipinski definition) is 2. The summed E-state index contributed by atoms with van der Waals surface area (Å²) in [4.78, 5) is 22.4. The molecule has 0 fully saturated rings. The van der Waals surface area contributed by atoms with Crippen LogP contribution in [-0.4, -0.2) is 32.8 Å². The predicted molar refractivity (Wildman–Crippen MR) is 61.9 cm³/mol. The summed E-state index contributed by atoms with van der Waals surface area (Å²) in [7, 11) is 1.66. The number of hydrogen-bond acceptors (Lipinski definition) is 3. The maximum atomic E-state index is 11.8. The van der Waals surface area contributed by atoms with Crippen LogP contribution in [0.4, 0.5) is 0 Å². The number of carbonyl (C=O) groups excluding carboxylic acids is 1. The van der Waals surface area contributed by atoms with Crippen molar-refractivity contribution in [2.45, 2.75) is 32.7 Å². The van der Waals surface area contributed by atoms with Crippen molar-refractivity contribution in [1.82, 2.24) is 15.1 Å². The number of nitrogens with one attached hydrogen (secondary N) is 1. The zero-order valence-corrected chi connectivity index (χ0v) is 10.4. The number of amides is 1. The van der Waals surface area contributed by atoms with Gasteiger partial charge < -0.3 is 10.4 Å². The Morgan fingerprint density at radius 1 is 1.41 bits per heavy atom. The van der Waals surface area contributed by atoms with Gasteiger partial charge in [0.2, 0.25) is 0 Å². The number of nitrogens with zero attached hydrogens (tertiary/aromatic N) is 2. The number of rotatable bonds is 4. The molecule has 1 aromatic heterocycles. The van der Waals surface area contributed by atoms with Gasteiger partial charge in [-0.2, -0.15) is 5.10 Å². The van der Waals surface area contributed by atoms with E-state index in [1.54, 1.807) is 13.1 Å². The van der Waals surface area contributed by atoms with Gasteiger partial charge in [-0.1, -0.05) is 13.8 Å². The molecule has 0 aliphatic heterocycles. The average molecular weight is 239 g/mol. The van der Waals surface area contributed by atoms with Crippen molar-refractivity contribution in [1.29, 1.82) is 0 Å². The van der Waals surface area contributed by atoms with E-state index >= 15 is 0 Å². The molecule has 2 N–H and O–H groups in total.